The van der Waals surface area contributed by atoms with Gasteiger partial charge in [0.2, 0.25) is 0 Å². The first kappa shape index (κ1) is 12.3. The van der Waals surface area contributed by atoms with Crippen molar-refractivity contribution in [2.45, 2.75) is 25.7 Å². The summed E-state index contributed by atoms with van der Waals surface area (Å²) in [6, 6.07) is 5.16. The Morgan fingerprint density at radius 1 is 1.21 bits per heavy atom. The highest BCUT2D eigenvalue weighted by atomic mass is 16.4. The van der Waals surface area contributed by atoms with Gasteiger partial charge in [-0.1, -0.05) is 18.9 Å². The quantitative estimate of drug-likeness (QED) is 0.802. The highest BCUT2D eigenvalue weighted by Crippen LogP contribution is 2.40. The molecule has 2 aliphatic rings. The molecule has 1 aliphatic heterocycles. The summed E-state index contributed by atoms with van der Waals surface area (Å²) in [6.07, 6.45) is 5.17. The SMILES string of the molecule is Nc1cccc(C(=O)O)c1N1CC2CCCCC2C1. The van der Waals surface area contributed by atoms with Gasteiger partial charge >= 0.3 is 5.97 Å². The second kappa shape index (κ2) is 4.76. The van der Waals surface area contributed by atoms with E-state index in [9.17, 15) is 9.90 Å². The van der Waals surface area contributed by atoms with Gasteiger partial charge in [0, 0.05) is 13.1 Å². The number of aromatic carboxylic acids is 1. The molecule has 2 atom stereocenters. The number of nitrogen functional groups attached to an aromatic ring is 1. The predicted octanol–water partition coefficient (Wildman–Crippen LogP) is 2.59. The minimum absolute atomic E-state index is 0.332. The van der Waals surface area contributed by atoms with Crippen LogP contribution in [0.3, 0.4) is 0 Å². The lowest BCUT2D eigenvalue weighted by molar-refractivity contribution is 0.0697. The molecular formula is C15H20N2O2. The number of para-hydroxylation sites is 1. The number of nitrogens with two attached hydrogens (primary N) is 1. The first-order valence-corrected chi connectivity index (χ1v) is 7.03. The lowest BCUT2D eigenvalue weighted by atomic mass is 9.82. The lowest BCUT2D eigenvalue weighted by Gasteiger charge is -2.22. The third kappa shape index (κ3) is 2.15. The van der Waals surface area contributed by atoms with Crippen molar-refractivity contribution in [3.05, 3.63) is 23.8 Å². The number of carboxylic acids is 1. The maximum Gasteiger partial charge on any atom is 0.337 e. The summed E-state index contributed by atoms with van der Waals surface area (Å²) in [5, 5.41) is 9.33. The number of rotatable bonds is 2. The number of anilines is 2. The summed E-state index contributed by atoms with van der Waals surface area (Å²) < 4.78 is 0. The molecule has 1 aromatic carbocycles. The Balaban J connectivity index is 1.92. The number of hydrogen-bond donors (Lipinski definition) is 2. The van der Waals surface area contributed by atoms with Crippen LogP contribution in [0.5, 0.6) is 0 Å². The topological polar surface area (TPSA) is 66.6 Å². The second-order valence-corrected chi connectivity index (χ2v) is 5.76. The van der Waals surface area contributed by atoms with Crippen LogP contribution in [-0.4, -0.2) is 24.2 Å². The zero-order valence-electron chi connectivity index (χ0n) is 11.0. The maximum absolute atomic E-state index is 11.4. The average Bonchev–Trinajstić information content (AvgIpc) is 2.81. The van der Waals surface area contributed by atoms with Crippen LogP contribution in [0.15, 0.2) is 18.2 Å². The predicted molar refractivity (Wildman–Crippen MR) is 75.5 cm³/mol. The summed E-state index contributed by atoms with van der Waals surface area (Å²) in [5.74, 6) is 0.544. The minimum atomic E-state index is -0.892. The van der Waals surface area contributed by atoms with Gasteiger partial charge in [-0.25, -0.2) is 4.79 Å². The Kier molecular flexibility index (Phi) is 3.09. The fraction of sp³-hybridized carbons (Fsp3) is 0.533. The van der Waals surface area contributed by atoms with Gasteiger partial charge in [-0.3, -0.25) is 0 Å². The Morgan fingerprint density at radius 3 is 2.42 bits per heavy atom. The van der Waals surface area contributed by atoms with Gasteiger partial charge in [0.05, 0.1) is 16.9 Å². The van der Waals surface area contributed by atoms with Crippen LogP contribution in [0, 0.1) is 11.8 Å². The highest BCUT2D eigenvalue weighted by molar-refractivity contribution is 5.98. The summed E-state index contributed by atoms with van der Waals surface area (Å²) in [7, 11) is 0. The van der Waals surface area contributed by atoms with E-state index in [1.807, 2.05) is 0 Å². The monoisotopic (exact) mass is 260 g/mol. The molecule has 2 unspecified atom stereocenters. The van der Waals surface area contributed by atoms with Gasteiger partial charge < -0.3 is 15.7 Å². The first-order chi connectivity index (χ1) is 9.16. The maximum atomic E-state index is 11.4. The zero-order valence-corrected chi connectivity index (χ0v) is 11.0. The summed E-state index contributed by atoms with van der Waals surface area (Å²) in [6.45, 7) is 1.91. The molecule has 0 aromatic heterocycles. The third-order valence-electron chi connectivity index (χ3n) is 4.59. The molecule has 4 heteroatoms. The largest absolute Gasteiger partial charge is 0.478 e. The van der Waals surface area contributed by atoms with Gasteiger partial charge in [-0.05, 0) is 36.8 Å². The van der Waals surface area contributed by atoms with Crippen molar-refractivity contribution >= 4 is 17.3 Å². The van der Waals surface area contributed by atoms with E-state index in [1.165, 1.54) is 25.7 Å². The summed E-state index contributed by atoms with van der Waals surface area (Å²) in [4.78, 5) is 13.6. The van der Waals surface area contributed by atoms with Crippen LogP contribution in [0.1, 0.15) is 36.0 Å². The number of nitrogens with zero attached hydrogens (tertiary/aromatic N) is 1. The van der Waals surface area contributed by atoms with Crippen LogP contribution >= 0.6 is 0 Å². The van der Waals surface area contributed by atoms with Crippen LogP contribution < -0.4 is 10.6 Å². The van der Waals surface area contributed by atoms with Crippen molar-refractivity contribution < 1.29 is 9.90 Å². The van der Waals surface area contributed by atoms with Crippen molar-refractivity contribution in [2.75, 3.05) is 23.7 Å². The lowest BCUT2D eigenvalue weighted by Crippen LogP contribution is -2.23. The fourth-order valence-corrected chi connectivity index (χ4v) is 3.68. The molecule has 0 bridgehead atoms. The molecule has 3 N–H and O–H groups in total. The minimum Gasteiger partial charge on any atom is -0.478 e. The van der Waals surface area contributed by atoms with Crippen LogP contribution in [-0.2, 0) is 0 Å². The normalized spacial score (nSPS) is 26.2. The van der Waals surface area contributed by atoms with Crippen molar-refractivity contribution in [1.29, 1.82) is 0 Å². The van der Waals surface area contributed by atoms with Gasteiger partial charge in [-0.15, -0.1) is 0 Å². The van der Waals surface area contributed by atoms with E-state index in [4.69, 9.17) is 5.73 Å². The smallest absolute Gasteiger partial charge is 0.337 e. The molecule has 1 aromatic rings. The highest BCUT2D eigenvalue weighted by Gasteiger charge is 2.36. The Hall–Kier alpha value is -1.71. The molecule has 2 fully saturated rings. The Bertz CT molecular complexity index is 487. The standard InChI is InChI=1S/C15H20N2O2/c16-13-7-3-6-12(15(18)19)14(13)17-8-10-4-1-2-5-11(10)9-17/h3,6-7,10-11H,1-2,4-5,8-9,16H2,(H,18,19). The summed E-state index contributed by atoms with van der Waals surface area (Å²) in [5.41, 5.74) is 7.66. The van der Waals surface area contributed by atoms with Crippen molar-refractivity contribution in [1.82, 2.24) is 0 Å². The zero-order chi connectivity index (χ0) is 13.4. The van der Waals surface area contributed by atoms with E-state index in [1.54, 1.807) is 18.2 Å². The number of benzene rings is 1. The van der Waals surface area contributed by atoms with E-state index in [0.717, 1.165) is 30.6 Å². The van der Waals surface area contributed by atoms with Crippen LogP contribution in [0.2, 0.25) is 0 Å². The molecule has 1 heterocycles. The molecule has 4 nitrogen and oxygen atoms in total. The first-order valence-electron chi connectivity index (χ1n) is 7.03. The molecule has 0 spiro atoms. The van der Waals surface area contributed by atoms with Crippen LogP contribution in [0.4, 0.5) is 11.4 Å². The van der Waals surface area contributed by atoms with E-state index >= 15 is 0 Å². The molecule has 102 valence electrons. The summed E-state index contributed by atoms with van der Waals surface area (Å²) >= 11 is 0. The average molecular weight is 260 g/mol. The number of carboxylic acid groups (broad SMARTS) is 1. The van der Waals surface area contributed by atoms with Gasteiger partial charge in [0.15, 0.2) is 0 Å². The van der Waals surface area contributed by atoms with Gasteiger partial charge in [-0.2, -0.15) is 0 Å². The van der Waals surface area contributed by atoms with Crippen molar-refractivity contribution in [3.8, 4) is 0 Å². The number of carbonyl (C=O) groups is 1. The van der Waals surface area contributed by atoms with E-state index in [0.29, 0.717) is 11.3 Å². The van der Waals surface area contributed by atoms with E-state index in [2.05, 4.69) is 4.90 Å². The van der Waals surface area contributed by atoms with Crippen LogP contribution in [0.25, 0.3) is 0 Å². The third-order valence-corrected chi connectivity index (χ3v) is 4.59. The molecule has 1 saturated heterocycles. The molecule has 0 amide bonds. The Labute approximate surface area is 113 Å². The number of hydrogen-bond acceptors (Lipinski definition) is 3. The van der Waals surface area contributed by atoms with Gasteiger partial charge in [0.1, 0.15) is 0 Å². The van der Waals surface area contributed by atoms with Gasteiger partial charge in [0.25, 0.3) is 0 Å². The molecule has 0 radical (unpaired) electrons. The second-order valence-electron chi connectivity index (χ2n) is 5.76. The molecule has 1 aliphatic carbocycles. The Morgan fingerprint density at radius 2 is 1.84 bits per heavy atom. The molecular weight excluding hydrogens is 240 g/mol. The van der Waals surface area contributed by atoms with E-state index < -0.39 is 5.97 Å². The molecule has 3 rings (SSSR count). The van der Waals surface area contributed by atoms with E-state index in [-0.39, 0.29) is 0 Å². The van der Waals surface area contributed by atoms with Crippen molar-refractivity contribution in [2.24, 2.45) is 11.8 Å². The molecule has 19 heavy (non-hydrogen) atoms. The fourth-order valence-electron chi connectivity index (χ4n) is 3.68. The molecule has 1 saturated carbocycles. The number of fused-ring (bicyclic) bond motifs is 1. The van der Waals surface area contributed by atoms with Crippen molar-refractivity contribution in [3.63, 3.8) is 0 Å².